The highest BCUT2D eigenvalue weighted by atomic mass is 19.1. The molecule has 186 valence electrons. The lowest BCUT2D eigenvalue weighted by atomic mass is 9.80. The molecule has 0 aromatic heterocycles. The fourth-order valence-electron chi connectivity index (χ4n) is 4.13. The Morgan fingerprint density at radius 3 is 2.29 bits per heavy atom. The molecule has 0 saturated carbocycles. The first-order valence-corrected chi connectivity index (χ1v) is 11.8. The molecular weight excluding hydrogens is 443 g/mol. The Hall–Kier alpha value is -3.34. The van der Waals surface area contributed by atoms with Gasteiger partial charge in [0, 0.05) is 5.56 Å². The fraction of sp³-hybridized carbons (Fsp3) is 0.367. The van der Waals surface area contributed by atoms with E-state index in [0.29, 0.717) is 17.7 Å². The van der Waals surface area contributed by atoms with Gasteiger partial charge in [0.1, 0.15) is 23.4 Å². The zero-order valence-corrected chi connectivity index (χ0v) is 21.6. The quantitative estimate of drug-likeness (QED) is 0.313. The minimum atomic E-state index is -0.286. The SMILES string of the molecule is COC(=O)C[C@@H](C)c1cccc(O[C@@H](C)c2ccc(-c3cc(OC)ccc3F)c(C(C)(C)C)c2)c1. The monoisotopic (exact) mass is 478 g/mol. The second kappa shape index (κ2) is 10.9. The van der Waals surface area contributed by atoms with Crippen molar-refractivity contribution in [1.82, 2.24) is 0 Å². The minimum absolute atomic E-state index is 0.0193. The standard InChI is InChI=1S/C30H35FO4/c1-19(15-29(32)34-7)21-9-8-10-24(16-21)35-20(2)22-11-13-25(27(17-22)30(3,4)5)26-18-23(33-6)12-14-28(26)31/h8-14,16-20H,15H2,1-7H3/t19-,20+/m1/s1. The van der Waals surface area contributed by atoms with Crippen LogP contribution in [0, 0.1) is 5.82 Å². The first-order chi connectivity index (χ1) is 16.5. The fourth-order valence-corrected chi connectivity index (χ4v) is 4.13. The van der Waals surface area contributed by atoms with Crippen molar-refractivity contribution in [3.05, 3.63) is 83.2 Å². The summed E-state index contributed by atoms with van der Waals surface area (Å²) in [6.45, 7) is 10.3. The first kappa shape index (κ1) is 26.3. The van der Waals surface area contributed by atoms with E-state index in [1.165, 1.54) is 13.2 Å². The summed E-state index contributed by atoms with van der Waals surface area (Å²) in [7, 11) is 2.98. The molecule has 0 amide bonds. The van der Waals surface area contributed by atoms with Gasteiger partial charge in [0.2, 0.25) is 0 Å². The molecule has 4 nitrogen and oxygen atoms in total. The van der Waals surface area contributed by atoms with Crippen LogP contribution < -0.4 is 9.47 Å². The van der Waals surface area contributed by atoms with Crippen molar-refractivity contribution in [3.8, 4) is 22.6 Å². The maximum atomic E-state index is 14.8. The second-order valence-electron chi connectivity index (χ2n) is 9.91. The molecule has 5 heteroatoms. The Kier molecular flexibility index (Phi) is 8.21. The molecule has 0 bridgehead atoms. The second-order valence-corrected chi connectivity index (χ2v) is 9.91. The number of rotatable bonds is 8. The Morgan fingerprint density at radius 1 is 0.886 bits per heavy atom. The highest BCUT2D eigenvalue weighted by Crippen LogP contribution is 2.38. The van der Waals surface area contributed by atoms with Crippen LogP contribution in [0.5, 0.6) is 11.5 Å². The van der Waals surface area contributed by atoms with Crippen LogP contribution in [0.15, 0.2) is 60.7 Å². The Balaban J connectivity index is 1.91. The third kappa shape index (κ3) is 6.41. The maximum absolute atomic E-state index is 14.8. The number of carbonyl (C=O) groups excluding carboxylic acids is 1. The molecule has 0 saturated heterocycles. The highest BCUT2D eigenvalue weighted by molar-refractivity contribution is 5.71. The predicted octanol–water partition coefficient (Wildman–Crippen LogP) is 7.61. The molecule has 0 radical (unpaired) electrons. The van der Waals surface area contributed by atoms with Gasteiger partial charge in [-0.05, 0) is 70.8 Å². The van der Waals surface area contributed by atoms with E-state index >= 15 is 0 Å². The predicted molar refractivity (Wildman–Crippen MR) is 138 cm³/mol. The van der Waals surface area contributed by atoms with E-state index < -0.39 is 0 Å². The van der Waals surface area contributed by atoms with Crippen LogP contribution in [0.25, 0.3) is 11.1 Å². The Labute approximate surface area is 208 Å². The molecular formula is C30H35FO4. The lowest BCUT2D eigenvalue weighted by Gasteiger charge is -2.26. The van der Waals surface area contributed by atoms with Gasteiger partial charge in [0.15, 0.2) is 0 Å². The van der Waals surface area contributed by atoms with Crippen molar-refractivity contribution >= 4 is 5.97 Å². The molecule has 0 fully saturated rings. The topological polar surface area (TPSA) is 44.8 Å². The van der Waals surface area contributed by atoms with Gasteiger partial charge in [0.25, 0.3) is 0 Å². The summed E-state index contributed by atoms with van der Waals surface area (Å²) in [6.07, 6.45) is 0.0821. The van der Waals surface area contributed by atoms with Gasteiger partial charge in [0.05, 0.1) is 20.6 Å². The summed E-state index contributed by atoms with van der Waals surface area (Å²) in [5.74, 6) is 0.840. The molecule has 0 aliphatic carbocycles. The Morgan fingerprint density at radius 2 is 1.63 bits per heavy atom. The summed E-state index contributed by atoms with van der Waals surface area (Å²) in [6, 6.07) is 18.6. The number of hydrogen-bond donors (Lipinski definition) is 0. The maximum Gasteiger partial charge on any atom is 0.306 e. The van der Waals surface area contributed by atoms with Gasteiger partial charge >= 0.3 is 5.97 Å². The number of halogens is 1. The molecule has 35 heavy (non-hydrogen) atoms. The highest BCUT2D eigenvalue weighted by Gasteiger charge is 2.23. The molecule has 0 aliphatic heterocycles. The summed E-state index contributed by atoms with van der Waals surface area (Å²) in [5, 5.41) is 0. The zero-order chi connectivity index (χ0) is 25.8. The lowest BCUT2D eigenvalue weighted by Crippen LogP contribution is -2.15. The van der Waals surface area contributed by atoms with Gasteiger partial charge in [-0.1, -0.05) is 58.0 Å². The summed E-state index contributed by atoms with van der Waals surface area (Å²) in [5.41, 5.74) is 4.17. The summed E-state index contributed by atoms with van der Waals surface area (Å²) < 4.78 is 31.2. The van der Waals surface area contributed by atoms with Crippen LogP contribution in [0.4, 0.5) is 4.39 Å². The van der Waals surface area contributed by atoms with Crippen molar-refractivity contribution < 1.29 is 23.4 Å². The molecule has 2 atom stereocenters. The molecule has 0 heterocycles. The van der Waals surface area contributed by atoms with E-state index in [9.17, 15) is 9.18 Å². The molecule has 0 aliphatic rings. The summed E-state index contributed by atoms with van der Waals surface area (Å²) >= 11 is 0. The van der Waals surface area contributed by atoms with Crippen LogP contribution in [0.3, 0.4) is 0 Å². The van der Waals surface area contributed by atoms with Gasteiger partial charge in [-0.3, -0.25) is 4.79 Å². The van der Waals surface area contributed by atoms with Crippen molar-refractivity contribution in [3.63, 3.8) is 0 Å². The van der Waals surface area contributed by atoms with Crippen LogP contribution in [0.1, 0.15) is 69.8 Å². The molecule has 3 aromatic carbocycles. The van der Waals surface area contributed by atoms with Crippen molar-refractivity contribution in [1.29, 1.82) is 0 Å². The average Bonchev–Trinajstić information content (AvgIpc) is 2.83. The molecule has 3 rings (SSSR count). The molecule has 0 spiro atoms. The number of hydrogen-bond acceptors (Lipinski definition) is 4. The largest absolute Gasteiger partial charge is 0.497 e. The number of ether oxygens (including phenoxy) is 3. The minimum Gasteiger partial charge on any atom is -0.497 e. The van der Waals surface area contributed by atoms with Crippen molar-refractivity contribution in [2.24, 2.45) is 0 Å². The van der Waals surface area contributed by atoms with E-state index in [4.69, 9.17) is 14.2 Å². The van der Waals surface area contributed by atoms with E-state index in [-0.39, 0.29) is 29.2 Å². The van der Waals surface area contributed by atoms with Gasteiger partial charge < -0.3 is 14.2 Å². The van der Waals surface area contributed by atoms with Crippen LogP contribution in [-0.2, 0) is 14.9 Å². The van der Waals surface area contributed by atoms with Crippen molar-refractivity contribution in [2.75, 3.05) is 14.2 Å². The third-order valence-corrected chi connectivity index (χ3v) is 6.23. The third-order valence-electron chi connectivity index (χ3n) is 6.23. The van der Waals surface area contributed by atoms with Gasteiger partial charge in [-0.2, -0.15) is 0 Å². The first-order valence-electron chi connectivity index (χ1n) is 11.8. The normalized spacial score (nSPS) is 13.1. The number of methoxy groups -OCH3 is 2. The van der Waals surface area contributed by atoms with E-state index in [2.05, 4.69) is 26.8 Å². The summed E-state index contributed by atoms with van der Waals surface area (Å²) in [4.78, 5) is 11.7. The van der Waals surface area contributed by atoms with Crippen molar-refractivity contribution in [2.45, 2.75) is 58.5 Å². The molecule has 0 N–H and O–H groups in total. The lowest BCUT2D eigenvalue weighted by molar-refractivity contribution is -0.140. The number of benzene rings is 3. The van der Waals surface area contributed by atoms with Crippen LogP contribution in [0.2, 0.25) is 0 Å². The molecule has 0 unspecified atom stereocenters. The van der Waals surface area contributed by atoms with Gasteiger partial charge in [-0.15, -0.1) is 0 Å². The van der Waals surface area contributed by atoms with E-state index in [0.717, 1.165) is 28.0 Å². The number of carbonyl (C=O) groups is 1. The average molecular weight is 479 g/mol. The number of esters is 1. The van der Waals surface area contributed by atoms with E-state index in [1.54, 1.807) is 19.2 Å². The smallest absolute Gasteiger partial charge is 0.306 e. The van der Waals surface area contributed by atoms with E-state index in [1.807, 2.05) is 50.2 Å². The van der Waals surface area contributed by atoms with Crippen LogP contribution in [-0.4, -0.2) is 20.2 Å². The molecule has 3 aromatic rings. The Bertz CT molecular complexity index is 1180. The zero-order valence-electron chi connectivity index (χ0n) is 21.6. The van der Waals surface area contributed by atoms with Gasteiger partial charge in [-0.25, -0.2) is 4.39 Å². The van der Waals surface area contributed by atoms with Crippen LogP contribution >= 0.6 is 0 Å².